The maximum absolute atomic E-state index is 12.4. The third-order valence-corrected chi connectivity index (χ3v) is 3.79. The molecule has 3 rings (SSSR count). The van der Waals surface area contributed by atoms with Crippen molar-refractivity contribution in [2.45, 2.75) is 13.0 Å². The first kappa shape index (κ1) is 14.3. The number of rotatable bonds is 5. The Kier molecular flexibility index (Phi) is 4.18. The monoisotopic (exact) mass is 298 g/mol. The summed E-state index contributed by atoms with van der Waals surface area (Å²) < 4.78 is 1.74. The number of carbonyl (C=O) groups excluding carboxylic acids is 2. The molecule has 1 fully saturated rings. The summed E-state index contributed by atoms with van der Waals surface area (Å²) in [6.07, 6.45) is 4.09. The fourth-order valence-corrected chi connectivity index (χ4v) is 2.64. The molecule has 6 nitrogen and oxygen atoms in total. The van der Waals surface area contributed by atoms with Gasteiger partial charge in [-0.15, -0.1) is 0 Å². The normalized spacial score (nSPS) is 17.7. The number of hydrogen-bond acceptors (Lipinski definition) is 3. The highest BCUT2D eigenvalue weighted by Gasteiger charge is 2.37. The number of benzene rings is 1. The van der Waals surface area contributed by atoms with Crippen LogP contribution in [0.2, 0.25) is 0 Å². The number of carbonyl (C=O) groups is 2. The molecule has 2 aromatic rings. The minimum Gasteiger partial charge on any atom is -0.354 e. The Labute approximate surface area is 128 Å². The second-order valence-corrected chi connectivity index (χ2v) is 5.23. The van der Waals surface area contributed by atoms with Crippen molar-refractivity contribution < 1.29 is 9.59 Å². The standard InChI is InChI=1S/C16H18N4O2/c21-15(17-9-12-19-10-4-8-18-19)14-7-11-20(16(14)22)13-5-2-1-3-6-13/h1-6,8,10,14H,7,9,11-12H2,(H,17,21)/t14-/m0/s1. The number of nitrogens with zero attached hydrogens (tertiary/aromatic N) is 3. The molecule has 0 unspecified atom stereocenters. The number of aromatic nitrogens is 2. The van der Waals surface area contributed by atoms with Crippen LogP contribution in [0, 0.1) is 5.92 Å². The first-order valence-electron chi connectivity index (χ1n) is 7.37. The molecule has 1 atom stereocenters. The van der Waals surface area contributed by atoms with Gasteiger partial charge in [0, 0.05) is 31.2 Å². The number of anilines is 1. The summed E-state index contributed by atoms with van der Waals surface area (Å²) in [5.41, 5.74) is 0.847. The van der Waals surface area contributed by atoms with Crippen LogP contribution >= 0.6 is 0 Å². The molecule has 1 aromatic carbocycles. The van der Waals surface area contributed by atoms with E-state index >= 15 is 0 Å². The molecule has 0 spiro atoms. The lowest BCUT2D eigenvalue weighted by Crippen LogP contribution is -2.38. The van der Waals surface area contributed by atoms with E-state index < -0.39 is 5.92 Å². The van der Waals surface area contributed by atoms with Gasteiger partial charge in [0.25, 0.3) is 0 Å². The van der Waals surface area contributed by atoms with Gasteiger partial charge in [-0.05, 0) is 24.6 Å². The van der Waals surface area contributed by atoms with Crippen LogP contribution < -0.4 is 10.2 Å². The van der Waals surface area contributed by atoms with Crippen LogP contribution in [0.3, 0.4) is 0 Å². The van der Waals surface area contributed by atoms with Gasteiger partial charge in [0.2, 0.25) is 11.8 Å². The largest absolute Gasteiger partial charge is 0.354 e. The molecular weight excluding hydrogens is 280 g/mol. The van der Waals surface area contributed by atoms with E-state index in [9.17, 15) is 9.59 Å². The molecule has 1 aliphatic rings. The van der Waals surface area contributed by atoms with E-state index in [1.807, 2.05) is 42.6 Å². The van der Waals surface area contributed by atoms with Crippen molar-refractivity contribution in [3.63, 3.8) is 0 Å². The molecule has 1 N–H and O–H groups in total. The maximum atomic E-state index is 12.4. The first-order valence-corrected chi connectivity index (χ1v) is 7.37. The second kappa shape index (κ2) is 6.43. The van der Waals surface area contributed by atoms with Crippen LogP contribution in [0.25, 0.3) is 0 Å². The molecule has 0 radical (unpaired) electrons. The number of hydrogen-bond donors (Lipinski definition) is 1. The zero-order valence-electron chi connectivity index (χ0n) is 12.2. The average Bonchev–Trinajstić information content (AvgIpc) is 3.18. The highest BCUT2D eigenvalue weighted by atomic mass is 16.2. The minimum absolute atomic E-state index is 0.122. The fraction of sp³-hybridized carbons (Fsp3) is 0.312. The van der Waals surface area contributed by atoms with Gasteiger partial charge < -0.3 is 10.2 Å². The molecule has 1 saturated heterocycles. The SMILES string of the molecule is O=C(NCCn1cccn1)[C@@H]1CCN(c2ccccc2)C1=O. The highest BCUT2D eigenvalue weighted by molar-refractivity contribution is 6.09. The van der Waals surface area contributed by atoms with E-state index in [-0.39, 0.29) is 11.8 Å². The van der Waals surface area contributed by atoms with Gasteiger partial charge in [0.05, 0.1) is 6.54 Å². The van der Waals surface area contributed by atoms with Crippen molar-refractivity contribution in [1.29, 1.82) is 0 Å². The molecule has 114 valence electrons. The van der Waals surface area contributed by atoms with Crippen LogP contribution in [-0.4, -0.2) is 34.7 Å². The van der Waals surface area contributed by atoms with Gasteiger partial charge in [-0.3, -0.25) is 14.3 Å². The minimum atomic E-state index is -0.585. The zero-order chi connectivity index (χ0) is 15.4. The molecule has 22 heavy (non-hydrogen) atoms. The Bertz CT molecular complexity index is 639. The molecule has 0 saturated carbocycles. The average molecular weight is 298 g/mol. The van der Waals surface area contributed by atoms with Crippen LogP contribution in [0.15, 0.2) is 48.8 Å². The van der Waals surface area contributed by atoms with E-state index in [1.54, 1.807) is 15.8 Å². The molecule has 6 heteroatoms. The number of para-hydroxylation sites is 1. The number of amides is 2. The molecule has 0 aliphatic carbocycles. The van der Waals surface area contributed by atoms with E-state index in [2.05, 4.69) is 10.4 Å². The summed E-state index contributed by atoms with van der Waals surface area (Å²) in [4.78, 5) is 26.2. The van der Waals surface area contributed by atoms with Crippen LogP contribution in [0.5, 0.6) is 0 Å². The van der Waals surface area contributed by atoms with E-state index in [1.165, 1.54) is 0 Å². The Morgan fingerprint density at radius 1 is 1.27 bits per heavy atom. The van der Waals surface area contributed by atoms with Crippen molar-refractivity contribution in [3.05, 3.63) is 48.8 Å². The quantitative estimate of drug-likeness (QED) is 0.839. The fourth-order valence-electron chi connectivity index (χ4n) is 2.64. The lowest BCUT2D eigenvalue weighted by molar-refractivity contribution is -0.132. The predicted molar refractivity (Wildman–Crippen MR) is 82.1 cm³/mol. The van der Waals surface area contributed by atoms with Gasteiger partial charge in [-0.2, -0.15) is 5.10 Å². The molecule has 2 amide bonds. The third kappa shape index (κ3) is 3.00. The van der Waals surface area contributed by atoms with Crippen molar-refractivity contribution >= 4 is 17.5 Å². The van der Waals surface area contributed by atoms with Gasteiger partial charge in [0.1, 0.15) is 5.92 Å². The van der Waals surface area contributed by atoms with Crippen molar-refractivity contribution in [2.75, 3.05) is 18.0 Å². The summed E-state index contributed by atoms with van der Waals surface area (Å²) in [7, 11) is 0. The summed E-state index contributed by atoms with van der Waals surface area (Å²) >= 11 is 0. The van der Waals surface area contributed by atoms with Crippen LogP contribution in [0.1, 0.15) is 6.42 Å². The van der Waals surface area contributed by atoms with Crippen LogP contribution in [-0.2, 0) is 16.1 Å². The topological polar surface area (TPSA) is 67.2 Å². The lowest BCUT2D eigenvalue weighted by Gasteiger charge is -2.16. The van der Waals surface area contributed by atoms with E-state index in [0.717, 1.165) is 5.69 Å². The Balaban J connectivity index is 1.54. The van der Waals surface area contributed by atoms with E-state index in [4.69, 9.17) is 0 Å². The molecule has 1 aliphatic heterocycles. The Morgan fingerprint density at radius 3 is 2.82 bits per heavy atom. The molecule has 2 heterocycles. The smallest absolute Gasteiger partial charge is 0.239 e. The summed E-state index contributed by atoms with van der Waals surface area (Å²) in [5.74, 6) is -0.906. The van der Waals surface area contributed by atoms with Crippen molar-refractivity contribution in [3.8, 4) is 0 Å². The summed E-state index contributed by atoms with van der Waals surface area (Å²) in [6, 6.07) is 11.3. The Hall–Kier alpha value is -2.63. The molecular formula is C16H18N4O2. The van der Waals surface area contributed by atoms with Gasteiger partial charge in [-0.1, -0.05) is 18.2 Å². The second-order valence-electron chi connectivity index (χ2n) is 5.23. The first-order chi connectivity index (χ1) is 10.8. The molecule has 0 bridgehead atoms. The van der Waals surface area contributed by atoms with Gasteiger partial charge in [-0.25, -0.2) is 0 Å². The van der Waals surface area contributed by atoms with Gasteiger partial charge in [0.15, 0.2) is 0 Å². The van der Waals surface area contributed by atoms with Gasteiger partial charge >= 0.3 is 0 Å². The van der Waals surface area contributed by atoms with Crippen molar-refractivity contribution in [2.24, 2.45) is 5.92 Å². The highest BCUT2D eigenvalue weighted by Crippen LogP contribution is 2.24. The predicted octanol–water partition coefficient (Wildman–Crippen LogP) is 1.05. The zero-order valence-corrected chi connectivity index (χ0v) is 12.2. The molecule has 1 aromatic heterocycles. The van der Waals surface area contributed by atoms with E-state index in [0.29, 0.717) is 26.1 Å². The van der Waals surface area contributed by atoms with Crippen LogP contribution in [0.4, 0.5) is 5.69 Å². The third-order valence-electron chi connectivity index (χ3n) is 3.79. The summed E-state index contributed by atoms with van der Waals surface area (Å²) in [6.45, 7) is 1.65. The lowest BCUT2D eigenvalue weighted by atomic mass is 10.1. The van der Waals surface area contributed by atoms with Crippen molar-refractivity contribution in [1.82, 2.24) is 15.1 Å². The Morgan fingerprint density at radius 2 is 2.09 bits per heavy atom. The summed E-state index contributed by atoms with van der Waals surface area (Å²) in [5, 5.41) is 6.89. The maximum Gasteiger partial charge on any atom is 0.239 e. The number of nitrogens with one attached hydrogen (secondary N) is 1.